The second kappa shape index (κ2) is 4.24. The van der Waals surface area contributed by atoms with Gasteiger partial charge in [-0.25, -0.2) is 4.39 Å². The molecule has 0 radical (unpaired) electrons. The average molecular weight is 259 g/mol. The van der Waals surface area contributed by atoms with Gasteiger partial charge in [0.15, 0.2) is 0 Å². The van der Waals surface area contributed by atoms with Gasteiger partial charge in [-0.1, -0.05) is 0 Å². The fourth-order valence-electron chi connectivity index (χ4n) is 0.882. The van der Waals surface area contributed by atoms with Gasteiger partial charge in [-0.2, -0.15) is 17.6 Å². The Hall–Kier alpha value is -1.38. The van der Waals surface area contributed by atoms with Crippen molar-refractivity contribution >= 4 is 17.4 Å². The molecule has 0 saturated carbocycles. The van der Waals surface area contributed by atoms with Gasteiger partial charge >= 0.3 is 11.2 Å². The average Bonchev–Trinajstić information content (AvgIpc) is 2.07. The highest BCUT2D eigenvalue weighted by Crippen LogP contribution is 2.40. The van der Waals surface area contributed by atoms with Gasteiger partial charge in [0.1, 0.15) is 5.82 Å². The lowest BCUT2D eigenvalue weighted by atomic mass is 10.3. The molecule has 16 heavy (non-hydrogen) atoms. The minimum absolute atomic E-state index is 0.218. The Balaban J connectivity index is 3.25. The third-order valence-electron chi connectivity index (χ3n) is 1.41. The molecule has 0 fully saturated rings. The van der Waals surface area contributed by atoms with Crippen molar-refractivity contribution in [2.75, 3.05) is 0 Å². The van der Waals surface area contributed by atoms with E-state index in [1.54, 1.807) is 0 Å². The molecular formula is C7H2F5NO2S. The van der Waals surface area contributed by atoms with Crippen molar-refractivity contribution in [1.29, 1.82) is 0 Å². The van der Waals surface area contributed by atoms with E-state index in [9.17, 15) is 32.1 Å². The van der Waals surface area contributed by atoms with Gasteiger partial charge in [0, 0.05) is 0 Å². The highest BCUT2D eigenvalue weighted by atomic mass is 32.2. The monoisotopic (exact) mass is 259 g/mol. The highest BCUT2D eigenvalue weighted by molar-refractivity contribution is 8.00. The smallest absolute Gasteiger partial charge is 0.258 e. The molecule has 0 N–H and O–H groups in total. The van der Waals surface area contributed by atoms with Crippen LogP contribution in [0.2, 0.25) is 0 Å². The third-order valence-corrected chi connectivity index (χ3v) is 2.16. The Kier molecular flexibility index (Phi) is 3.36. The van der Waals surface area contributed by atoms with Crippen LogP contribution in [0.3, 0.4) is 0 Å². The molecule has 0 amide bonds. The Morgan fingerprint density at radius 3 is 2.25 bits per heavy atom. The van der Waals surface area contributed by atoms with E-state index in [1.807, 2.05) is 0 Å². The lowest BCUT2D eigenvalue weighted by Crippen LogP contribution is -2.03. The van der Waals surface area contributed by atoms with Crippen LogP contribution in [-0.2, 0) is 0 Å². The van der Waals surface area contributed by atoms with E-state index in [1.165, 1.54) is 0 Å². The Bertz CT molecular complexity index is 434. The highest BCUT2D eigenvalue weighted by Gasteiger charge is 2.33. The number of nitrogens with zero attached hydrogens (tertiary/aromatic N) is 1. The van der Waals surface area contributed by atoms with Crippen LogP contribution >= 0.6 is 11.8 Å². The molecule has 0 aliphatic rings. The molecule has 1 aromatic carbocycles. The van der Waals surface area contributed by atoms with Gasteiger partial charge in [0.2, 0.25) is 5.82 Å². The predicted molar refractivity (Wildman–Crippen MR) is 44.9 cm³/mol. The number of halogens is 5. The molecule has 0 unspecified atom stereocenters. The number of alkyl halides is 3. The third kappa shape index (κ3) is 3.05. The van der Waals surface area contributed by atoms with E-state index in [-0.39, 0.29) is 12.1 Å². The van der Waals surface area contributed by atoms with Crippen LogP contribution in [0.1, 0.15) is 0 Å². The molecule has 88 valence electrons. The van der Waals surface area contributed by atoms with Crippen molar-refractivity contribution in [3.05, 3.63) is 33.9 Å². The minimum atomic E-state index is -4.84. The summed E-state index contributed by atoms with van der Waals surface area (Å²) in [5.41, 5.74) is -6.17. The summed E-state index contributed by atoms with van der Waals surface area (Å²) in [4.78, 5) is 7.74. The van der Waals surface area contributed by atoms with Crippen LogP contribution in [0.4, 0.5) is 27.6 Å². The standard InChI is InChI=1S/C7H2F5NO2S/c8-3-1-4(13(14)15)6(9)5(2-3)16-7(10,11)12/h1-2H. The molecular weight excluding hydrogens is 257 g/mol. The van der Waals surface area contributed by atoms with E-state index < -0.39 is 44.4 Å². The van der Waals surface area contributed by atoms with Crippen LogP contribution in [0.15, 0.2) is 17.0 Å². The van der Waals surface area contributed by atoms with Crippen molar-refractivity contribution in [3.63, 3.8) is 0 Å². The molecule has 1 rings (SSSR count). The lowest BCUT2D eigenvalue weighted by Gasteiger charge is -2.06. The molecule has 0 atom stereocenters. The maximum atomic E-state index is 13.1. The summed E-state index contributed by atoms with van der Waals surface area (Å²) in [6.07, 6.45) is 0. The maximum absolute atomic E-state index is 13.1. The summed E-state index contributed by atoms with van der Waals surface area (Å²) in [5, 5.41) is 10.2. The number of benzene rings is 1. The number of rotatable bonds is 2. The number of hydrogen-bond acceptors (Lipinski definition) is 3. The number of nitro groups is 1. The molecule has 1 aromatic rings. The van der Waals surface area contributed by atoms with Crippen LogP contribution in [0, 0.1) is 21.7 Å². The SMILES string of the molecule is O=[N+]([O-])c1cc(F)cc(SC(F)(F)F)c1F. The molecule has 0 bridgehead atoms. The van der Waals surface area contributed by atoms with Gasteiger partial charge in [-0.05, 0) is 17.8 Å². The van der Waals surface area contributed by atoms with Crippen molar-refractivity contribution in [2.24, 2.45) is 0 Å². The van der Waals surface area contributed by atoms with Crippen LogP contribution in [0.5, 0.6) is 0 Å². The van der Waals surface area contributed by atoms with Crippen molar-refractivity contribution in [3.8, 4) is 0 Å². The first-order valence-corrected chi connectivity index (χ1v) is 4.41. The molecule has 0 aromatic heterocycles. The number of nitro benzene ring substituents is 1. The number of thioether (sulfide) groups is 1. The molecule has 3 nitrogen and oxygen atoms in total. The second-order valence-corrected chi connectivity index (χ2v) is 3.65. The molecule has 0 spiro atoms. The fourth-order valence-corrected chi connectivity index (χ4v) is 1.50. The summed E-state index contributed by atoms with van der Waals surface area (Å²) in [6.45, 7) is 0. The summed E-state index contributed by atoms with van der Waals surface area (Å²) >= 11 is -0.946. The first-order valence-electron chi connectivity index (χ1n) is 3.60. The van der Waals surface area contributed by atoms with Crippen LogP contribution in [0.25, 0.3) is 0 Å². The van der Waals surface area contributed by atoms with Gasteiger partial charge < -0.3 is 0 Å². The summed E-state index contributed by atoms with van der Waals surface area (Å²) in [7, 11) is 0. The van der Waals surface area contributed by atoms with E-state index in [0.717, 1.165) is 0 Å². The van der Waals surface area contributed by atoms with E-state index >= 15 is 0 Å². The van der Waals surface area contributed by atoms with Gasteiger partial charge in [-0.15, -0.1) is 0 Å². The van der Waals surface area contributed by atoms with E-state index in [0.29, 0.717) is 0 Å². The molecule has 0 aliphatic heterocycles. The second-order valence-electron chi connectivity index (χ2n) is 2.54. The Morgan fingerprint density at radius 1 is 1.25 bits per heavy atom. The summed E-state index contributed by atoms with van der Waals surface area (Å²) < 4.78 is 61.5. The molecule has 0 aliphatic carbocycles. The largest absolute Gasteiger partial charge is 0.446 e. The van der Waals surface area contributed by atoms with Crippen LogP contribution < -0.4 is 0 Å². The van der Waals surface area contributed by atoms with Crippen LogP contribution in [-0.4, -0.2) is 10.4 Å². The Labute approximate surface area is 89.4 Å². The zero-order valence-corrected chi connectivity index (χ0v) is 8.03. The maximum Gasteiger partial charge on any atom is 0.446 e. The summed E-state index contributed by atoms with van der Waals surface area (Å²) in [5.74, 6) is -3.01. The predicted octanol–water partition coefficient (Wildman–Crippen LogP) is 3.48. The quantitative estimate of drug-likeness (QED) is 0.353. The van der Waals surface area contributed by atoms with Crippen molar-refractivity contribution in [1.82, 2.24) is 0 Å². The Morgan fingerprint density at radius 2 is 1.81 bits per heavy atom. The normalized spacial score (nSPS) is 11.6. The molecule has 9 heteroatoms. The minimum Gasteiger partial charge on any atom is -0.258 e. The first kappa shape index (κ1) is 12.7. The van der Waals surface area contributed by atoms with Gasteiger partial charge in [-0.3, -0.25) is 10.1 Å². The van der Waals surface area contributed by atoms with E-state index in [2.05, 4.69) is 0 Å². The fraction of sp³-hybridized carbons (Fsp3) is 0.143. The lowest BCUT2D eigenvalue weighted by molar-refractivity contribution is -0.388. The van der Waals surface area contributed by atoms with Crippen molar-refractivity contribution in [2.45, 2.75) is 10.4 Å². The molecule has 0 heterocycles. The van der Waals surface area contributed by atoms with E-state index in [4.69, 9.17) is 0 Å². The van der Waals surface area contributed by atoms with Gasteiger partial charge in [0.05, 0.1) is 15.9 Å². The zero-order chi connectivity index (χ0) is 12.5. The topological polar surface area (TPSA) is 43.1 Å². The number of hydrogen-bond donors (Lipinski definition) is 0. The first-order chi connectivity index (χ1) is 7.20. The van der Waals surface area contributed by atoms with Gasteiger partial charge in [0.25, 0.3) is 0 Å². The zero-order valence-electron chi connectivity index (χ0n) is 7.22. The van der Waals surface area contributed by atoms with Crippen molar-refractivity contribution < 1.29 is 26.9 Å². The molecule has 0 saturated heterocycles. The summed E-state index contributed by atoms with van der Waals surface area (Å²) in [6, 6.07) is 0.469.